The van der Waals surface area contributed by atoms with Gasteiger partial charge in [0.15, 0.2) is 0 Å². The zero-order valence-corrected chi connectivity index (χ0v) is 19.9. The number of hydrogen-bond donors (Lipinski definition) is 4. The Bertz CT molecular complexity index is 1270. The van der Waals surface area contributed by atoms with E-state index in [1.54, 1.807) is 0 Å². The van der Waals surface area contributed by atoms with Crippen LogP contribution in [0.2, 0.25) is 0 Å². The molecule has 3 atom stereocenters. The highest BCUT2D eigenvalue weighted by Crippen LogP contribution is 2.41. The summed E-state index contributed by atoms with van der Waals surface area (Å²) in [6.45, 7) is 0.843. The molecule has 35 heavy (non-hydrogen) atoms. The van der Waals surface area contributed by atoms with E-state index in [0.717, 1.165) is 31.4 Å². The molecule has 0 fully saturated rings. The van der Waals surface area contributed by atoms with E-state index in [4.69, 9.17) is 17.2 Å². The Labute approximate surface area is 207 Å². The Hall–Kier alpha value is -3.83. The highest BCUT2D eigenvalue weighted by Gasteiger charge is 2.28. The summed E-state index contributed by atoms with van der Waals surface area (Å²) in [6.07, 6.45) is 3.10. The molecular weight excluding hydrogens is 430 g/mol. The number of nitrogens with two attached hydrogens (primary N) is 3. The summed E-state index contributed by atoms with van der Waals surface area (Å²) in [4.78, 5) is 4.14. The van der Waals surface area contributed by atoms with Crippen LogP contribution in [0.15, 0.2) is 91.0 Å². The van der Waals surface area contributed by atoms with Gasteiger partial charge < -0.3 is 22.5 Å². The second-order valence-electron chi connectivity index (χ2n) is 9.36. The number of rotatable bonds is 7. The largest absolute Gasteiger partial charge is 0.396 e. The Morgan fingerprint density at radius 3 is 2.20 bits per heavy atom. The molecule has 3 unspecified atom stereocenters. The third-order valence-corrected chi connectivity index (χ3v) is 7.23. The fourth-order valence-electron chi connectivity index (χ4n) is 5.53. The van der Waals surface area contributed by atoms with Gasteiger partial charge in [0, 0.05) is 17.9 Å². The van der Waals surface area contributed by atoms with Gasteiger partial charge in [-0.15, -0.1) is 0 Å². The normalized spacial score (nSPS) is 18.1. The van der Waals surface area contributed by atoms with Crippen molar-refractivity contribution < 1.29 is 0 Å². The highest BCUT2D eigenvalue weighted by molar-refractivity contribution is 5.68. The van der Waals surface area contributed by atoms with Crippen LogP contribution in [0.5, 0.6) is 0 Å². The summed E-state index contributed by atoms with van der Waals surface area (Å²) < 4.78 is 0. The molecule has 1 aromatic heterocycles. The summed E-state index contributed by atoms with van der Waals surface area (Å²) >= 11 is 0. The SMILES string of the molecule is Nc1cc(C(CCNC2CCC(c3ccccc3)c3ccccc32)c2ccccc2)c(N)c(N)n1. The minimum absolute atomic E-state index is 0.0761. The van der Waals surface area contributed by atoms with Gasteiger partial charge in [-0.1, -0.05) is 84.9 Å². The van der Waals surface area contributed by atoms with Gasteiger partial charge in [0.1, 0.15) is 11.6 Å². The van der Waals surface area contributed by atoms with Crippen molar-refractivity contribution in [2.75, 3.05) is 23.7 Å². The maximum Gasteiger partial charge on any atom is 0.149 e. The van der Waals surface area contributed by atoms with Crippen LogP contribution in [0.4, 0.5) is 17.3 Å². The zero-order valence-electron chi connectivity index (χ0n) is 19.9. The first-order valence-corrected chi connectivity index (χ1v) is 12.3. The number of benzene rings is 3. The Morgan fingerprint density at radius 1 is 0.800 bits per heavy atom. The molecule has 0 spiro atoms. The lowest BCUT2D eigenvalue weighted by molar-refractivity contribution is 0.433. The third-order valence-electron chi connectivity index (χ3n) is 7.23. The lowest BCUT2D eigenvalue weighted by Gasteiger charge is -2.33. The molecular formula is C30H33N5. The van der Waals surface area contributed by atoms with Crippen LogP contribution in [0.3, 0.4) is 0 Å². The number of fused-ring (bicyclic) bond motifs is 1. The van der Waals surface area contributed by atoms with Crippen molar-refractivity contribution in [3.63, 3.8) is 0 Å². The van der Waals surface area contributed by atoms with Crippen molar-refractivity contribution in [1.29, 1.82) is 0 Å². The monoisotopic (exact) mass is 463 g/mol. The predicted molar refractivity (Wildman–Crippen MR) is 145 cm³/mol. The number of aromatic nitrogens is 1. The van der Waals surface area contributed by atoms with E-state index >= 15 is 0 Å². The first-order valence-electron chi connectivity index (χ1n) is 12.3. The van der Waals surface area contributed by atoms with Crippen LogP contribution in [0.25, 0.3) is 0 Å². The number of nitrogen functional groups attached to an aromatic ring is 3. The van der Waals surface area contributed by atoms with Gasteiger partial charge in [0.2, 0.25) is 0 Å². The van der Waals surface area contributed by atoms with Crippen molar-refractivity contribution in [3.8, 4) is 0 Å². The lowest BCUT2D eigenvalue weighted by atomic mass is 9.76. The topological polar surface area (TPSA) is 103 Å². The molecule has 1 heterocycles. The summed E-state index contributed by atoms with van der Waals surface area (Å²) in [5.74, 6) is 1.22. The van der Waals surface area contributed by atoms with Crippen molar-refractivity contribution >= 4 is 17.3 Å². The number of nitrogens with one attached hydrogen (secondary N) is 1. The molecule has 178 valence electrons. The number of nitrogens with zero attached hydrogens (tertiary/aromatic N) is 1. The molecule has 1 aliphatic rings. The van der Waals surface area contributed by atoms with Gasteiger partial charge in [-0.05, 0) is 59.7 Å². The fraction of sp³-hybridized carbons (Fsp3) is 0.233. The molecule has 3 aromatic carbocycles. The molecule has 4 aromatic rings. The van der Waals surface area contributed by atoms with E-state index in [2.05, 4.69) is 89.2 Å². The lowest BCUT2D eigenvalue weighted by Crippen LogP contribution is -2.28. The van der Waals surface area contributed by atoms with E-state index in [0.29, 0.717) is 29.3 Å². The highest BCUT2D eigenvalue weighted by atomic mass is 14.9. The van der Waals surface area contributed by atoms with Crippen LogP contribution in [0, 0.1) is 0 Å². The van der Waals surface area contributed by atoms with E-state index in [1.165, 1.54) is 22.3 Å². The fourth-order valence-corrected chi connectivity index (χ4v) is 5.53. The van der Waals surface area contributed by atoms with Crippen LogP contribution < -0.4 is 22.5 Å². The van der Waals surface area contributed by atoms with Crippen molar-refractivity contribution in [2.45, 2.75) is 37.1 Å². The number of anilines is 3. The van der Waals surface area contributed by atoms with E-state index in [9.17, 15) is 0 Å². The summed E-state index contributed by atoms with van der Waals surface area (Å²) in [5, 5.41) is 3.85. The second kappa shape index (κ2) is 10.2. The molecule has 1 aliphatic carbocycles. The molecule has 7 N–H and O–H groups in total. The van der Waals surface area contributed by atoms with Gasteiger partial charge in [0.25, 0.3) is 0 Å². The van der Waals surface area contributed by atoms with E-state index < -0.39 is 0 Å². The van der Waals surface area contributed by atoms with E-state index in [-0.39, 0.29) is 5.92 Å². The van der Waals surface area contributed by atoms with Crippen LogP contribution in [-0.4, -0.2) is 11.5 Å². The van der Waals surface area contributed by atoms with Gasteiger partial charge in [-0.25, -0.2) is 4.98 Å². The maximum absolute atomic E-state index is 6.37. The molecule has 5 heteroatoms. The summed E-state index contributed by atoms with van der Waals surface area (Å²) in [5.41, 5.74) is 25.4. The Balaban J connectivity index is 1.36. The molecule has 0 radical (unpaired) electrons. The molecule has 0 bridgehead atoms. The third kappa shape index (κ3) is 4.86. The first kappa shape index (κ1) is 22.9. The predicted octanol–water partition coefficient (Wildman–Crippen LogP) is 5.61. The molecule has 5 nitrogen and oxygen atoms in total. The van der Waals surface area contributed by atoms with Gasteiger partial charge in [-0.3, -0.25) is 0 Å². The Morgan fingerprint density at radius 2 is 1.46 bits per heavy atom. The number of pyridine rings is 1. The van der Waals surface area contributed by atoms with Crippen LogP contribution >= 0.6 is 0 Å². The van der Waals surface area contributed by atoms with Gasteiger partial charge in [-0.2, -0.15) is 0 Å². The van der Waals surface area contributed by atoms with E-state index in [1.807, 2.05) is 12.1 Å². The van der Waals surface area contributed by atoms with Crippen LogP contribution in [0.1, 0.15) is 65.0 Å². The van der Waals surface area contributed by atoms with Crippen molar-refractivity contribution in [3.05, 3.63) is 119 Å². The molecule has 0 saturated heterocycles. The molecule has 0 amide bonds. The van der Waals surface area contributed by atoms with Gasteiger partial charge >= 0.3 is 0 Å². The smallest absolute Gasteiger partial charge is 0.149 e. The summed E-state index contributed by atoms with van der Waals surface area (Å²) in [6, 6.07) is 32.3. The number of hydrogen-bond acceptors (Lipinski definition) is 5. The van der Waals surface area contributed by atoms with Gasteiger partial charge in [0.05, 0.1) is 5.69 Å². The first-order chi connectivity index (χ1) is 17.1. The molecule has 0 saturated carbocycles. The minimum atomic E-state index is 0.0761. The van der Waals surface area contributed by atoms with Crippen molar-refractivity contribution in [1.82, 2.24) is 10.3 Å². The molecule has 5 rings (SSSR count). The van der Waals surface area contributed by atoms with Crippen LogP contribution in [-0.2, 0) is 0 Å². The summed E-state index contributed by atoms with van der Waals surface area (Å²) in [7, 11) is 0. The molecule has 0 aliphatic heterocycles. The average Bonchev–Trinajstić information content (AvgIpc) is 2.90. The second-order valence-corrected chi connectivity index (χ2v) is 9.36. The quantitative estimate of drug-likeness (QED) is 0.285. The minimum Gasteiger partial charge on any atom is -0.396 e. The standard InChI is InChI=1S/C30H33N5/c31-28-19-26(29(32)30(33)35-28)23(21-11-5-2-6-12-21)17-18-34-27-16-15-22(20-9-3-1-4-10-20)24-13-7-8-14-25(24)27/h1-14,19,22-23,27,34H,15-18,32H2,(H4,31,33,35). The zero-order chi connectivity index (χ0) is 24.2. The Kier molecular flexibility index (Phi) is 6.68. The van der Waals surface area contributed by atoms with Crippen molar-refractivity contribution in [2.24, 2.45) is 0 Å². The maximum atomic E-state index is 6.37. The average molecular weight is 464 g/mol.